The Labute approximate surface area is 187 Å². The fourth-order valence-corrected chi connectivity index (χ4v) is 4.12. The molecule has 31 heavy (non-hydrogen) atoms. The largest absolute Gasteiger partial charge is 0.465 e. The summed E-state index contributed by atoms with van der Waals surface area (Å²) >= 11 is 6.73. The van der Waals surface area contributed by atoms with Crippen LogP contribution in [0.25, 0.3) is 17.4 Å². The molecule has 0 radical (unpaired) electrons. The molecule has 0 saturated carbocycles. The van der Waals surface area contributed by atoms with E-state index < -0.39 is 11.9 Å². The lowest BCUT2D eigenvalue weighted by molar-refractivity contribution is -0.113. The van der Waals surface area contributed by atoms with E-state index in [1.807, 2.05) is 6.92 Å². The SMILES string of the molecule is COC(=O)c1ccc(-c2ccc(/C=C3/SC(=O)N(c4ccc(Cl)cc4)C3=O)o2)c(C)c1. The average molecular weight is 454 g/mol. The molecule has 0 N–H and O–H groups in total. The zero-order valence-corrected chi connectivity index (χ0v) is 18.1. The summed E-state index contributed by atoms with van der Waals surface area (Å²) in [4.78, 5) is 38.2. The Morgan fingerprint density at radius 3 is 2.52 bits per heavy atom. The molecule has 2 aromatic carbocycles. The van der Waals surface area contributed by atoms with Crippen molar-refractivity contribution in [2.75, 3.05) is 12.0 Å². The van der Waals surface area contributed by atoms with E-state index in [0.717, 1.165) is 27.8 Å². The number of methoxy groups -OCH3 is 1. The number of carbonyl (C=O) groups excluding carboxylic acids is 3. The number of anilines is 1. The summed E-state index contributed by atoms with van der Waals surface area (Å²) < 4.78 is 10.6. The summed E-state index contributed by atoms with van der Waals surface area (Å²) in [5, 5.41) is 0.129. The fraction of sp³-hybridized carbons (Fsp3) is 0.0870. The summed E-state index contributed by atoms with van der Waals surface area (Å²) in [6, 6.07) is 15.1. The van der Waals surface area contributed by atoms with E-state index in [1.54, 1.807) is 60.7 Å². The van der Waals surface area contributed by atoms with Crippen molar-refractivity contribution in [3.8, 4) is 11.3 Å². The summed E-state index contributed by atoms with van der Waals surface area (Å²) in [6.07, 6.45) is 1.54. The summed E-state index contributed by atoms with van der Waals surface area (Å²) in [5.74, 6) is 0.185. The molecule has 0 aliphatic carbocycles. The van der Waals surface area contributed by atoms with Crippen molar-refractivity contribution in [2.45, 2.75) is 6.92 Å². The summed E-state index contributed by atoms with van der Waals surface area (Å²) in [6.45, 7) is 1.86. The third kappa shape index (κ3) is 4.15. The highest BCUT2D eigenvalue weighted by Crippen LogP contribution is 2.37. The maximum atomic E-state index is 12.8. The van der Waals surface area contributed by atoms with E-state index >= 15 is 0 Å². The van der Waals surface area contributed by atoms with E-state index in [1.165, 1.54) is 7.11 Å². The van der Waals surface area contributed by atoms with Gasteiger partial charge >= 0.3 is 5.97 Å². The van der Waals surface area contributed by atoms with Crippen LogP contribution >= 0.6 is 23.4 Å². The topological polar surface area (TPSA) is 76.8 Å². The molecule has 0 bridgehead atoms. The fourth-order valence-electron chi connectivity index (χ4n) is 3.17. The van der Waals surface area contributed by atoms with E-state index in [2.05, 4.69) is 0 Å². The second kappa shape index (κ2) is 8.45. The third-order valence-electron chi connectivity index (χ3n) is 4.69. The molecule has 0 spiro atoms. The number of amides is 2. The van der Waals surface area contributed by atoms with Gasteiger partial charge < -0.3 is 9.15 Å². The van der Waals surface area contributed by atoms with Gasteiger partial charge in [-0.25, -0.2) is 9.69 Å². The van der Waals surface area contributed by atoms with E-state index in [-0.39, 0.29) is 10.1 Å². The summed E-state index contributed by atoms with van der Waals surface area (Å²) in [7, 11) is 1.33. The number of hydrogen-bond acceptors (Lipinski definition) is 6. The highest BCUT2D eigenvalue weighted by Gasteiger charge is 2.36. The lowest BCUT2D eigenvalue weighted by Gasteiger charge is -2.11. The van der Waals surface area contributed by atoms with Crippen LogP contribution in [0.1, 0.15) is 21.7 Å². The number of nitrogens with zero attached hydrogens (tertiary/aromatic N) is 1. The van der Waals surface area contributed by atoms with Crippen molar-refractivity contribution < 1.29 is 23.5 Å². The Morgan fingerprint density at radius 2 is 1.84 bits per heavy atom. The van der Waals surface area contributed by atoms with Gasteiger partial charge in [-0.05, 0) is 72.8 Å². The second-order valence-corrected chi connectivity index (χ2v) is 8.15. The van der Waals surface area contributed by atoms with Crippen molar-refractivity contribution in [2.24, 2.45) is 0 Å². The van der Waals surface area contributed by atoms with E-state index in [9.17, 15) is 14.4 Å². The first kappa shape index (κ1) is 21.0. The molecule has 1 aliphatic rings. The van der Waals surface area contributed by atoms with Gasteiger partial charge in [0.05, 0.1) is 23.3 Å². The number of rotatable bonds is 4. The first-order valence-corrected chi connectivity index (χ1v) is 10.4. The maximum Gasteiger partial charge on any atom is 0.337 e. The van der Waals surface area contributed by atoms with Crippen LogP contribution in [0.15, 0.2) is 63.9 Å². The Hall–Kier alpha value is -3.29. The lowest BCUT2D eigenvalue weighted by atomic mass is 10.0. The number of esters is 1. The minimum atomic E-state index is -0.422. The highest BCUT2D eigenvalue weighted by molar-refractivity contribution is 8.19. The highest BCUT2D eigenvalue weighted by atomic mass is 35.5. The number of ether oxygens (including phenoxy) is 1. The first-order chi connectivity index (χ1) is 14.9. The van der Waals surface area contributed by atoms with Gasteiger partial charge in [0.25, 0.3) is 11.1 Å². The third-order valence-corrected chi connectivity index (χ3v) is 5.81. The van der Waals surface area contributed by atoms with Crippen LogP contribution in [0, 0.1) is 6.92 Å². The number of imide groups is 1. The van der Waals surface area contributed by atoms with Crippen molar-refractivity contribution in [1.29, 1.82) is 0 Å². The molecule has 4 rings (SSSR count). The van der Waals surface area contributed by atoms with Crippen LogP contribution in [-0.2, 0) is 9.53 Å². The average Bonchev–Trinajstić information content (AvgIpc) is 3.32. The Bertz CT molecular complexity index is 1230. The second-order valence-electron chi connectivity index (χ2n) is 6.72. The molecule has 1 fully saturated rings. The Kier molecular flexibility index (Phi) is 5.71. The molecule has 0 unspecified atom stereocenters. The zero-order chi connectivity index (χ0) is 22.1. The van der Waals surface area contributed by atoms with Gasteiger partial charge in [0.2, 0.25) is 0 Å². The molecule has 6 nitrogen and oxygen atoms in total. The zero-order valence-electron chi connectivity index (χ0n) is 16.5. The molecule has 156 valence electrons. The number of carbonyl (C=O) groups is 3. The van der Waals surface area contributed by atoms with Crippen LogP contribution in [-0.4, -0.2) is 24.2 Å². The minimum Gasteiger partial charge on any atom is -0.465 e. The standard InChI is InChI=1S/C23H16ClNO5S/c1-13-11-14(22(27)29-2)3-9-18(13)19-10-8-17(30-19)12-20-21(26)25(23(28)31-20)16-6-4-15(24)5-7-16/h3-12H,1-2H3/b20-12+. The Balaban J connectivity index is 1.59. The van der Waals surface area contributed by atoms with E-state index in [4.69, 9.17) is 20.8 Å². The molecule has 8 heteroatoms. The number of benzene rings is 2. The molecular formula is C23H16ClNO5S. The number of aryl methyl sites for hydroxylation is 1. The van der Waals surface area contributed by atoms with Gasteiger partial charge in [-0.3, -0.25) is 9.59 Å². The molecule has 2 amide bonds. The number of thioether (sulfide) groups is 1. The van der Waals surface area contributed by atoms with E-state index in [0.29, 0.717) is 27.8 Å². The van der Waals surface area contributed by atoms with Gasteiger partial charge in [0, 0.05) is 16.7 Å². The molecule has 1 aromatic heterocycles. The van der Waals surface area contributed by atoms with Crippen molar-refractivity contribution in [1.82, 2.24) is 0 Å². The van der Waals surface area contributed by atoms with Crippen molar-refractivity contribution >= 4 is 52.2 Å². The molecule has 1 saturated heterocycles. The van der Waals surface area contributed by atoms with Gasteiger partial charge in [0.1, 0.15) is 11.5 Å². The smallest absolute Gasteiger partial charge is 0.337 e. The number of halogens is 1. The number of hydrogen-bond donors (Lipinski definition) is 0. The predicted molar refractivity (Wildman–Crippen MR) is 120 cm³/mol. The summed E-state index contributed by atoms with van der Waals surface area (Å²) in [5.41, 5.74) is 2.55. The van der Waals surface area contributed by atoms with Gasteiger partial charge in [0.15, 0.2) is 0 Å². The van der Waals surface area contributed by atoms with Crippen LogP contribution in [0.5, 0.6) is 0 Å². The molecule has 3 aromatic rings. The van der Waals surface area contributed by atoms with Crippen molar-refractivity contribution in [3.05, 3.63) is 81.4 Å². The molecule has 0 atom stereocenters. The van der Waals surface area contributed by atoms with Crippen LogP contribution in [0.3, 0.4) is 0 Å². The maximum absolute atomic E-state index is 12.8. The first-order valence-electron chi connectivity index (χ1n) is 9.20. The molecule has 2 heterocycles. The van der Waals surface area contributed by atoms with Gasteiger partial charge in [-0.2, -0.15) is 0 Å². The van der Waals surface area contributed by atoms with Crippen LogP contribution < -0.4 is 4.90 Å². The quantitative estimate of drug-likeness (QED) is 0.359. The predicted octanol–water partition coefficient (Wildman–Crippen LogP) is 5.94. The van der Waals surface area contributed by atoms with Crippen molar-refractivity contribution in [3.63, 3.8) is 0 Å². The van der Waals surface area contributed by atoms with Crippen LogP contribution in [0.2, 0.25) is 5.02 Å². The normalized spacial score (nSPS) is 15.1. The lowest BCUT2D eigenvalue weighted by Crippen LogP contribution is -2.27. The van der Waals surface area contributed by atoms with Crippen LogP contribution in [0.4, 0.5) is 10.5 Å². The Morgan fingerprint density at radius 1 is 1.10 bits per heavy atom. The molecular weight excluding hydrogens is 438 g/mol. The minimum absolute atomic E-state index is 0.263. The number of furan rings is 1. The monoisotopic (exact) mass is 453 g/mol. The molecule has 1 aliphatic heterocycles. The van der Waals surface area contributed by atoms with Gasteiger partial charge in [-0.1, -0.05) is 17.7 Å². The van der Waals surface area contributed by atoms with Gasteiger partial charge in [-0.15, -0.1) is 0 Å².